The van der Waals surface area contributed by atoms with Gasteiger partial charge in [0.15, 0.2) is 0 Å². The van der Waals surface area contributed by atoms with E-state index in [1.54, 1.807) is 7.11 Å². The van der Waals surface area contributed by atoms with Gasteiger partial charge < -0.3 is 9.84 Å². The topological polar surface area (TPSA) is 32.7 Å². The minimum Gasteiger partial charge on any atom is -0.396 e. The van der Waals surface area contributed by atoms with Crippen LogP contribution in [0.4, 0.5) is 0 Å². The number of nitrogens with zero attached hydrogens (tertiary/aromatic N) is 1. The second-order valence-corrected chi connectivity index (χ2v) is 6.29. The monoisotopic (exact) mass is 271 g/mol. The van der Waals surface area contributed by atoms with Crippen LogP contribution in [-0.4, -0.2) is 49.5 Å². The summed E-state index contributed by atoms with van der Waals surface area (Å²) in [6, 6.07) is 0.571. The third-order valence-corrected chi connectivity index (χ3v) is 4.83. The summed E-state index contributed by atoms with van der Waals surface area (Å²) in [5, 5.41) is 9.94. The number of hydrogen-bond donors (Lipinski definition) is 1. The Morgan fingerprint density at radius 1 is 1.21 bits per heavy atom. The van der Waals surface area contributed by atoms with Gasteiger partial charge >= 0.3 is 0 Å². The first-order chi connectivity index (χ1) is 9.17. The molecule has 0 spiro atoms. The van der Waals surface area contributed by atoms with Crippen molar-refractivity contribution in [3.8, 4) is 0 Å². The molecule has 3 heteroatoms. The molecular formula is C16H33NO2. The average molecular weight is 271 g/mol. The zero-order chi connectivity index (χ0) is 14.1. The van der Waals surface area contributed by atoms with E-state index in [2.05, 4.69) is 18.7 Å². The number of hydrogen-bond acceptors (Lipinski definition) is 3. The lowest BCUT2D eigenvalue weighted by Gasteiger charge is -2.39. The van der Waals surface area contributed by atoms with E-state index in [0.717, 1.165) is 26.1 Å². The molecule has 0 heterocycles. The van der Waals surface area contributed by atoms with Crippen LogP contribution < -0.4 is 0 Å². The molecule has 1 aliphatic rings. The molecule has 1 unspecified atom stereocenters. The first kappa shape index (κ1) is 16.9. The van der Waals surface area contributed by atoms with E-state index in [1.165, 1.54) is 38.5 Å². The molecule has 3 nitrogen and oxygen atoms in total. The molecule has 1 rings (SSSR count). The van der Waals surface area contributed by atoms with E-state index in [0.29, 0.717) is 12.6 Å². The molecule has 0 aromatic rings. The summed E-state index contributed by atoms with van der Waals surface area (Å²) in [4.78, 5) is 2.52. The SMILES string of the molecule is CCC(C)N(CCOC)CC1(CO)CCCCCC1. The van der Waals surface area contributed by atoms with Crippen LogP contribution in [-0.2, 0) is 4.74 Å². The smallest absolute Gasteiger partial charge is 0.0589 e. The quantitative estimate of drug-likeness (QED) is 0.689. The highest BCUT2D eigenvalue weighted by Gasteiger charge is 2.33. The Labute approximate surface area is 119 Å². The lowest BCUT2D eigenvalue weighted by molar-refractivity contribution is 0.0309. The second kappa shape index (κ2) is 8.93. The fourth-order valence-electron chi connectivity index (χ4n) is 3.20. The van der Waals surface area contributed by atoms with Gasteiger partial charge in [-0.3, -0.25) is 4.90 Å². The van der Waals surface area contributed by atoms with Crippen LogP contribution in [0.2, 0.25) is 0 Å². The van der Waals surface area contributed by atoms with Gasteiger partial charge in [-0.1, -0.05) is 32.6 Å². The lowest BCUT2D eigenvalue weighted by atomic mass is 9.80. The zero-order valence-electron chi connectivity index (χ0n) is 13.2. The molecule has 1 atom stereocenters. The molecule has 0 radical (unpaired) electrons. The van der Waals surface area contributed by atoms with Crippen LogP contribution in [0.3, 0.4) is 0 Å². The van der Waals surface area contributed by atoms with E-state index in [4.69, 9.17) is 4.74 Å². The third-order valence-electron chi connectivity index (χ3n) is 4.83. The summed E-state index contributed by atoms with van der Waals surface area (Å²) >= 11 is 0. The molecule has 114 valence electrons. The standard InChI is InChI=1S/C16H33NO2/c1-4-15(2)17(11-12-19-3)13-16(14-18)9-7-5-6-8-10-16/h15,18H,4-14H2,1-3H3. The first-order valence-corrected chi connectivity index (χ1v) is 8.01. The van der Waals surface area contributed by atoms with Gasteiger partial charge in [-0.25, -0.2) is 0 Å². The van der Waals surface area contributed by atoms with Crippen molar-refractivity contribution in [3.63, 3.8) is 0 Å². The van der Waals surface area contributed by atoms with Crippen molar-refractivity contribution in [3.05, 3.63) is 0 Å². The third kappa shape index (κ3) is 5.41. The van der Waals surface area contributed by atoms with Crippen LogP contribution >= 0.6 is 0 Å². The number of rotatable bonds is 8. The minimum absolute atomic E-state index is 0.133. The maximum absolute atomic E-state index is 9.94. The molecule has 0 aromatic carbocycles. The molecule has 0 bridgehead atoms. The normalized spacial score (nSPS) is 21.3. The molecule has 1 aliphatic carbocycles. The van der Waals surface area contributed by atoms with Gasteiger partial charge in [-0.15, -0.1) is 0 Å². The number of aliphatic hydroxyl groups is 1. The van der Waals surface area contributed by atoms with Crippen LogP contribution in [0.15, 0.2) is 0 Å². The van der Waals surface area contributed by atoms with Crippen LogP contribution in [0.25, 0.3) is 0 Å². The Hall–Kier alpha value is -0.120. The Kier molecular flexibility index (Phi) is 7.96. The van der Waals surface area contributed by atoms with Crippen LogP contribution in [0.5, 0.6) is 0 Å². The first-order valence-electron chi connectivity index (χ1n) is 8.01. The zero-order valence-corrected chi connectivity index (χ0v) is 13.2. The molecule has 19 heavy (non-hydrogen) atoms. The highest BCUT2D eigenvalue weighted by atomic mass is 16.5. The molecule has 0 aliphatic heterocycles. The predicted molar refractivity (Wildman–Crippen MR) is 80.4 cm³/mol. The fourth-order valence-corrected chi connectivity index (χ4v) is 3.20. The molecule has 1 fully saturated rings. The van der Waals surface area contributed by atoms with Gasteiger partial charge in [0.1, 0.15) is 0 Å². The molecule has 0 saturated heterocycles. The highest BCUT2D eigenvalue weighted by molar-refractivity contribution is 4.85. The van der Waals surface area contributed by atoms with E-state index in [-0.39, 0.29) is 5.41 Å². The van der Waals surface area contributed by atoms with E-state index >= 15 is 0 Å². The van der Waals surface area contributed by atoms with Gasteiger partial charge in [-0.05, 0) is 26.2 Å². The minimum atomic E-state index is 0.133. The van der Waals surface area contributed by atoms with Crippen molar-refractivity contribution in [2.75, 3.05) is 33.4 Å². The number of aliphatic hydroxyl groups excluding tert-OH is 1. The summed E-state index contributed by atoms with van der Waals surface area (Å²) in [6.45, 7) is 7.66. The predicted octanol–water partition coefficient (Wildman–Crippen LogP) is 3.07. The Morgan fingerprint density at radius 2 is 1.84 bits per heavy atom. The van der Waals surface area contributed by atoms with Crippen LogP contribution in [0, 0.1) is 5.41 Å². The van der Waals surface area contributed by atoms with E-state index in [9.17, 15) is 5.11 Å². The largest absolute Gasteiger partial charge is 0.396 e. The second-order valence-electron chi connectivity index (χ2n) is 6.29. The molecule has 0 amide bonds. The van der Waals surface area contributed by atoms with Gasteiger partial charge in [0.2, 0.25) is 0 Å². The maximum atomic E-state index is 9.94. The van der Waals surface area contributed by atoms with Crippen molar-refractivity contribution in [1.29, 1.82) is 0 Å². The highest BCUT2D eigenvalue weighted by Crippen LogP contribution is 2.36. The Bertz CT molecular complexity index is 225. The van der Waals surface area contributed by atoms with Gasteiger partial charge in [0.05, 0.1) is 6.61 Å². The lowest BCUT2D eigenvalue weighted by Crippen LogP contribution is -2.45. The summed E-state index contributed by atoms with van der Waals surface area (Å²) < 4.78 is 5.24. The Balaban J connectivity index is 2.66. The van der Waals surface area contributed by atoms with Crippen molar-refractivity contribution in [2.24, 2.45) is 5.41 Å². The average Bonchev–Trinajstić information content (AvgIpc) is 2.68. The van der Waals surface area contributed by atoms with Gasteiger partial charge in [0.25, 0.3) is 0 Å². The van der Waals surface area contributed by atoms with Gasteiger partial charge in [-0.2, -0.15) is 0 Å². The number of ether oxygens (including phenoxy) is 1. The Morgan fingerprint density at radius 3 is 2.32 bits per heavy atom. The summed E-state index contributed by atoms with van der Waals surface area (Å²) in [5.41, 5.74) is 0.133. The van der Waals surface area contributed by atoms with Crippen LogP contribution in [0.1, 0.15) is 58.8 Å². The fraction of sp³-hybridized carbons (Fsp3) is 1.00. The maximum Gasteiger partial charge on any atom is 0.0589 e. The molecule has 1 N–H and O–H groups in total. The van der Waals surface area contributed by atoms with Crippen molar-refractivity contribution in [1.82, 2.24) is 4.90 Å². The summed E-state index contributed by atoms with van der Waals surface area (Å²) in [7, 11) is 1.77. The summed E-state index contributed by atoms with van der Waals surface area (Å²) in [6.07, 6.45) is 8.75. The summed E-state index contributed by atoms with van der Waals surface area (Å²) in [5.74, 6) is 0. The molecule has 0 aromatic heterocycles. The van der Waals surface area contributed by atoms with Crippen molar-refractivity contribution >= 4 is 0 Å². The van der Waals surface area contributed by atoms with E-state index < -0.39 is 0 Å². The number of methoxy groups -OCH3 is 1. The molecule has 1 saturated carbocycles. The molecular weight excluding hydrogens is 238 g/mol. The van der Waals surface area contributed by atoms with Crippen molar-refractivity contribution in [2.45, 2.75) is 64.8 Å². The van der Waals surface area contributed by atoms with E-state index in [1.807, 2.05) is 0 Å². The van der Waals surface area contributed by atoms with Crippen molar-refractivity contribution < 1.29 is 9.84 Å². The van der Waals surface area contributed by atoms with Gasteiger partial charge in [0, 0.05) is 38.3 Å².